The number of phenolic OH excluding ortho intramolecular Hbond substituents is 1. The second-order valence-corrected chi connectivity index (χ2v) is 10.7. The zero-order valence-corrected chi connectivity index (χ0v) is 23.3. The van der Waals surface area contributed by atoms with Gasteiger partial charge in [0, 0.05) is 38.1 Å². The van der Waals surface area contributed by atoms with Gasteiger partial charge in [-0.2, -0.15) is 0 Å². The van der Waals surface area contributed by atoms with Gasteiger partial charge in [0.15, 0.2) is 0 Å². The van der Waals surface area contributed by atoms with Crippen molar-refractivity contribution in [3.05, 3.63) is 108 Å². The molecule has 6 rings (SSSR count). The molecule has 2 aliphatic heterocycles. The van der Waals surface area contributed by atoms with Gasteiger partial charge in [-0.15, -0.1) is 0 Å². The van der Waals surface area contributed by atoms with Crippen LogP contribution in [-0.4, -0.2) is 80.1 Å². The fourth-order valence-corrected chi connectivity index (χ4v) is 5.87. The number of nitrogens with zero attached hydrogens (tertiary/aromatic N) is 5. The topological polar surface area (TPSA) is 109 Å². The van der Waals surface area contributed by atoms with Crippen LogP contribution in [0.4, 0.5) is 4.79 Å². The van der Waals surface area contributed by atoms with Gasteiger partial charge in [0.2, 0.25) is 11.8 Å². The largest absolute Gasteiger partial charge is 0.508 e. The number of likely N-dealkylation sites (N-methyl/N-ethyl adjacent to an activating group) is 1. The first kappa shape index (κ1) is 27.2. The van der Waals surface area contributed by atoms with Crippen LogP contribution < -0.4 is 5.32 Å². The number of urea groups is 1. The van der Waals surface area contributed by atoms with Crippen LogP contribution in [0.1, 0.15) is 16.7 Å². The first-order valence-corrected chi connectivity index (χ1v) is 13.9. The normalized spacial score (nSPS) is 19.2. The summed E-state index contributed by atoms with van der Waals surface area (Å²) in [6.07, 6.45) is 1.28. The molecule has 0 bridgehead atoms. The fraction of sp³-hybridized carbons (Fsp3) is 0.250. The average molecular weight is 565 g/mol. The molecule has 10 heteroatoms. The molecule has 4 amide bonds. The Morgan fingerprint density at radius 2 is 1.74 bits per heavy atom. The summed E-state index contributed by atoms with van der Waals surface area (Å²) < 4.78 is 0. The van der Waals surface area contributed by atoms with E-state index in [4.69, 9.17) is 0 Å². The molecular weight excluding hydrogens is 532 g/mol. The minimum Gasteiger partial charge on any atom is -0.508 e. The molecule has 0 radical (unpaired) electrons. The van der Waals surface area contributed by atoms with E-state index in [-0.39, 0.29) is 43.1 Å². The van der Waals surface area contributed by atoms with Gasteiger partial charge in [-0.25, -0.2) is 14.8 Å². The predicted molar refractivity (Wildman–Crippen MR) is 157 cm³/mol. The van der Waals surface area contributed by atoms with E-state index in [0.29, 0.717) is 13.1 Å². The standard InChI is InChI=1S/C32H32N6O4/c1-35-21-30(40)37-28(17-22-12-14-25(39)15-13-22)31(41)36(19-24-9-5-11-27-26(24)10-6-16-33-27)20-29(37)38(35)32(42)34-18-23-7-3-2-4-8-23/h2-16,28-29,39H,17-21H2,1H3,(H,34,42)/t28-,29?/m0/s1. The second kappa shape index (κ2) is 11.5. The number of carbonyl (C=O) groups is 3. The van der Waals surface area contributed by atoms with Crippen LogP contribution in [0.25, 0.3) is 10.9 Å². The van der Waals surface area contributed by atoms with Crippen LogP contribution in [0.15, 0.2) is 91.1 Å². The summed E-state index contributed by atoms with van der Waals surface area (Å²) in [5.74, 6) is -0.293. The molecule has 214 valence electrons. The van der Waals surface area contributed by atoms with Gasteiger partial charge in [-0.1, -0.05) is 60.7 Å². The number of hydrogen-bond donors (Lipinski definition) is 2. The Balaban J connectivity index is 1.34. The summed E-state index contributed by atoms with van der Waals surface area (Å²) in [6, 6.07) is 24.7. The van der Waals surface area contributed by atoms with Crippen molar-refractivity contribution in [2.45, 2.75) is 31.7 Å². The highest BCUT2D eigenvalue weighted by atomic mass is 16.3. The Bertz CT molecular complexity index is 1610. The van der Waals surface area contributed by atoms with Gasteiger partial charge < -0.3 is 20.2 Å². The average Bonchev–Trinajstić information content (AvgIpc) is 2.99. The molecule has 0 spiro atoms. The van der Waals surface area contributed by atoms with Crippen molar-refractivity contribution in [1.82, 2.24) is 30.1 Å². The lowest BCUT2D eigenvalue weighted by molar-refractivity contribution is -0.187. The van der Waals surface area contributed by atoms with E-state index < -0.39 is 12.2 Å². The third kappa shape index (κ3) is 5.36. The molecular formula is C32H32N6O4. The molecule has 3 heterocycles. The second-order valence-electron chi connectivity index (χ2n) is 10.7. The number of pyridine rings is 1. The monoisotopic (exact) mass is 564 g/mol. The molecule has 2 saturated heterocycles. The Kier molecular flexibility index (Phi) is 7.45. The van der Waals surface area contributed by atoms with Crippen LogP contribution in [0, 0.1) is 0 Å². The van der Waals surface area contributed by atoms with Crippen molar-refractivity contribution in [2.75, 3.05) is 20.1 Å². The third-order valence-corrected chi connectivity index (χ3v) is 7.90. The summed E-state index contributed by atoms with van der Waals surface area (Å²) in [5.41, 5.74) is 3.51. The lowest BCUT2D eigenvalue weighted by atomic mass is 9.98. The van der Waals surface area contributed by atoms with Crippen molar-refractivity contribution < 1.29 is 19.5 Å². The molecule has 2 aliphatic rings. The van der Waals surface area contributed by atoms with Crippen molar-refractivity contribution in [3.8, 4) is 5.75 Å². The smallest absolute Gasteiger partial charge is 0.334 e. The minimum absolute atomic E-state index is 0.0381. The first-order chi connectivity index (χ1) is 20.4. The highest BCUT2D eigenvalue weighted by Crippen LogP contribution is 2.30. The molecule has 2 atom stereocenters. The molecule has 1 aromatic heterocycles. The third-order valence-electron chi connectivity index (χ3n) is 7.90. The molecule has 10 nitrogen and oxygen atoms in total. The SMILES string of the molecule is CN1CC(=O)N2C(CN(Cc3cccc4ncccc34)C(=O)[C@@H]2Cc2ccc(O)cc2)N1C(=O)NCc1ccccc1. The van der Waals surface area contributed by atoms with E-state index in [9.17, 15) is 19.5 Å². The zero-order valence-electron chi connectivity index (χ0n) is 23.3. The van der Waals surface area contributed by atoms with E-state index in [0.717, 1.165) is 27.6 Å². The van der Waals surface area contributed by atoms with Gasteiger partial charge in [0.25, 0.3) is 0 Å². The molecule has 42 heavy (non-hydrogen) atoms. The van der Waals surface area contributed by atoms with Crippen LogP contribution in [-0.2, 0) is 29.1 Å². The molecule has 0 aliphatic carbocycles. The zero-order chi connectivity index (χ0) is 29.2. The predicted octanol–water partition coefficient (Wildman–Crippen LogP) is 3.12. The Morgan fingerprint density at radius 1 is 0.952 bits per heavy atom. The van der Waals surface area contributed by atoms with E-state index in [2.05, 4.69) is 10.3 Å². The number of benzene rings is 3. The quantitative estimate of drug-likeness (QED) is 0.373. The molecule has 2 fully saturated rings. The van der Waals surface area contributed by atoms with Crippen LogP contribution in [0.3, 0.4) is 0 Å². The van der Waals surface area contributed by atoms with E-state index in [1.54, 1.807) is 57.3 Å². The van der Waals surface area contributed by atoms with E-state index in [1.807, 2.05) is 60.7 Å². The van der Waals surface area contributed by atoms with Crippen molar-refractivity contribution in [1.29, 1.82) is 0 Å². The van der Waals surface area contributed by atoms with Gasteiger partial charge in [0.05, 0.1) is 18.6 Å². The van der Waals surface area contributed by atoms with Crippen molar-refractivity contribution in [2.24, 2.45) is 0 Å². The van der Waals surface area contributed by atoms with Gasteiger partial charge in [-0.05, 0) is 41.0 Å². The number of amides is 4. The number of hydrazine groups is 1. The number of rotatable bonds is 6. The van der Waals surface area contributed by atoms with Crippen LogP contribution >= 0.6 is 0 Å². The number of piperazine rings is 1. The summed E-state index contributed by atoms with van der Waals surface area (Å²) in [6.45, 7) is 0.739. The van der Waals surface area contributed by atoms with E-state index in [1.165, 1.54) is 0 Å². The number of phenols is 1. The molecule has 3 aromatic carbocycles. The molecule has 1 unspecified atom stereocenters. The Hall–Kier alpha value is -4.96. The maximum Gasteiger partial charge on any atom is 0.334 e. The number of fused-ring (bicyclic) bond motifs is 2. The maximum absolute atomic E-state index is 14.1. The highest BCUT2D eigenvalue weighted by Gasteiger charge is 2.50. The molecule has 0 saturated carbocycles. The van der Waals surface area contributed by atoms with Gasteiger partial charge in [0.1, 0.15) is 18.0 Å². The molecule has 4 aromatic rings. The lowest BCUT2D eigenvalue weighted by Gasteiger charge is -2.54. The number of aromatic hydroxyl groups is 1. The summed E-state index contributed by atoms with van der Waals surface area (Å²) >= 11 is 0. The van der Waals surface area contributed by atoms with E-state index >= 15 is 0 Å². The van der Waals surface area contributed by atoms with Crippen molar-refractivity contribution in [3.63, 3.8) is 0 Å². The van der Waals surface area contributed by atoms with Gasteiger partial charge >= 0.3 is 6.03 Å². The molecule has 2 N–H and O–H groups in total. The number of hydrogen-bond acceptors (Lipinski definition) is 6. The first-order valence-electron chi connectivity index (χ1n) is 13.9. The summed E-state index contributed by atoms with van der Waals surface area (Å²) in [4.78, 5) is 49.1. The Morgan fingerprint density at radius 3 is 2.52 bits per heavy atom. The lowest BCUT2D eigenvalue weighted by Crippen LogP contribution is -2.76. The number of carbonyl (C=O) groups excluding carboxylic acids is 3. The fourth-order valence-electron chi connectivity index (χ4n) is 5.87. The minimum atomic E-state index is -0.827. The Labute approximate surface area is 243 Å². The van der Waals surface area contributed by atoms with Crippen LogP contribution in [0.2, 0.25) is 0 Å². The van der Waals surface area contributed by atoms with Gasteiger partial charge in [-0.3, -0.25) is 14.6 Å². The summed E-state index contributed by atoms with van der Waals surface area (Å²) in [7, 11) is 1.71. The highest BCUT2D eigenvalue weighted by molar-refractivity contribution is 5.92. The summed E-state index contributed by atoms with van der Waals surface area (Å²) in [5, 5.41) is 16.9. The van der Waals surface area contributed by atoms with Crippen molar-refractivity contribution >= 4 is 28.7 Å². The number of nitrogens with one attached hydrogen (secondary N) is 1. The van der Waals surface area contributed by atoms with Crippen LogP contribution in [0.5, 0.6) is 5.75 Å². The maximum atomic E-state index is 14.1. The number of aromatic nitrogens is 1.